The van der Waals surface area contributed by atoms with Crippen LogP contribution in [0.25, 0.3) is 22.1 Å². The van der Waals surface area contributed by atoms with E-state index in [0.717, 1.165) is 11.1 Å². The minimum Gasteiger partial charge on any atom is -0.481 e. The minimum atomic E-state index is -0.747. The molecule has 0 bridgehead atoms. The predicted molar refractivity (Wildman–Crippen MR) is 127 cm³/mol. The van der Waals surface area contributed by atoms with Gasteiger partial charge in [0, 0.05) is 12.6 Å². The first-order valence-electron chi connectivity index (χ1n) is 11.0. The molecular weight excluding hydrogens is 434 g/mol. The van der Waals surface area contributed by atoms with Gasteiger partial charge in [0.15, 0.2) is 17.6 Å². The summed E-state index contributed by atoms with van der Waals surface area (Å²) in [7, 11) is 0. The third-order valence-corrected chi connectivity index (χ3v) is 5.69. The number of hydrogen-bond acceptors (Lipinski definition) is 6. The lowest BCUT2D eigenvalue weighted by Crippen LogP contribution is -2.35. The maximum Gasteiger partial charge on any atom is 0.261 e. The van der Waals surface area contributed by atoms with Crippen LogP contribution in [0.1, 0.15) is 18.2 Å². The highest BCUT2D eigenvalue weighted by atomic mass is 16.7. The number of benzene rings is 3. The summed E-state index contributed by atoms with van der Waals surface area (Å²) >= 11 is 0. The van der Waals surface area contributed by atoms with Crippen molar-refractivity contribution in [1.82, 2.24) is 5.32 Å². The van der Waals surface area contributed by atoms with Crippen molar-refractivity contribution in [3.8, 4) is 28.4 Å². The second kappa shape index (κ2) is 8.94. The fraction of sp³-hybridized carbons (Fsp3) is 0.185. The lowest BCUT2D eigenvalue weighted by Gasteiger charge is -2.15. The fourth-order valence-electron chi connectivity index (χ4n) is 3.94. The first-order chi connectivity index (χ1) is 16.5. The van der Waals surface area contributed by atoms with Crippen molar-refractivity contribution in [2.45, 2.75) is 26.5 Å². The Labute approximate surface area is 195 Å². The Morgan fingerprint density at radius 3 is 2.65 bits per heavy atom. The van der Waals surface area contributed by atoms with E-state index >= 15 is 0 Å². The van der Waals surface area contributed by atoms with Gasteiger partial charge in [-0.2, -0.15) is 0 Å². The highest BCUT2D eigenvalue weighted by Crippen LogP contribution is 2.32. The van der Waals surface area contributed by atoms with E-state index in [1.165, 1.54) is 0 Å². The first kappa shape index (κ1) is 21.6. The topological polar surface area (TPSA) is 87.0 Å². The van der Waals surface area contributed by atoms with Gasteiger partial charge in [0.25, 0.3) is 5.91 Å². The Hall–Kier alpha value is -4.26. The van der Waals surface area contributed by atoms with Crippen LogP contribution in [0.5, 0.6) is 17.2 Å². The molecule has 0 spiro atoms. The molecule has 1 aliphatic heterocycles. The number of rotatable bonds is 6. The molecule has 2 heterocycles. The smallest absolute Gasteiger partial charge is 0.261 e. The van der Waals surface area contributed by atoms with E-state index in [2.05, 4.69) is 5.32 Å². The maximum absolute atomic E-state index is 13.1. The van der Waals surface area contributed by atoms with Crippen LogP contribution in [-0.2, 0) is 11.3 Å². The van der Waals surface area contributed by atoms with Crippen molar-refractivity contribution in [2.24, 2.45) is 0 Å². The van der Waals surface area contributed by atoms with Crippen molar-refractivity contribution in [3.63, 3.8) is 0 Å². The van der Waals surface area contributed by atoms with Crippen LogP contribution in [0.15, 0.2) is 75.9 Å². The van der Waals surface area contributed by atoms with E-state index < -0.39 is 6.10 Å². The summed E-state index contributed by atoms with van der Waals surface area (Å²) in [4.78, 5) is 25.7. The first-order valence-corrected chi connectivity index (χ1v) is 11.0. The van der Waals surface area contributed by atoms with Crippen molar-refractivity contribution in [3.05, 3.63) is 88.3 Å². The number of ether oxygens (including phenoxy) is 3. The highest BCUT2D eigenvalue weighted by molar-refractivity contribution is 5.84. The summed E-state index contributed by atoms with van der Waals surface area (Å²) in [6.07, 6.45) is -0.747. The number of aryl methyl sites for hydroxylation is 1. The second-order valence-electron chi connectivity index (χ2n) is 8.05. The molecule has 34 heavy (non-hydrogen) atoms. The monoisotopic (exact) mass is 457 g/mol. The van der Waals surface area contributed by atoms with Gasteiger partial charge in [0.1, 0.15) is 17.1 Å². The summed E-state index contributed by atoms with van der Waals surface area (Å²) in [6.45, 7) is 3.97. The lowest BCUT2D eigenvalue weighted by atomic mass is 10.0. The van der Waals surface area contributed by atoms with E-state index in [9.17, 15) is 9.59 Å². The molecule has 0 unspecified atom stereocenters. The zero-order chi connectivity index (χ0) is 23.7. The van der Waals surface area contributed by atoms with E-state index in [4.69, 9.17) is 18.6 Å². The minimum absolute atomic E-state index is 0.106. The molecule has 1 aliphatic rings. The fourth-order valence-corrected chi connectivity index (χ4v) is 3.94. The molecule has 0 fully saturated rings. The van der Waals surface area contributed by atoms with Gasteiger partial charge in [-0.1, -0.05) is 36.4 Å². The number of carbonyl (C=O) groups excluding carboxylic acids is 1. The third-order valence-electron chi connectivity index (χ3n) is 5.69. The molecule has 4 aromatic rings. The van der Waals surface area contributed by atoms with Crippen molar-refractivity contribution >= 4 is 16.9 Å². The van der Waals surface area contributed by atoms with Gasteiger partial charge in [-0.05, 0) is 49.2 Å². The lowest BCUT2D eigenvalue weighted by molar-refractivity contribution is -0.127. The Morgan fingerprint density at radius 1 is 1.03 bits per heavy atom. The molecule has 7 nitrogen and oxygen atoms in total. The van der Waals surface area contributed by atoms with Crippen LogP contribution in [0.4, 0.5) is 0 Å². The van der Waals surface area contributed by atoms with Gasteiger partial charge in [-0.15, -0.1) is 0 Å². The van der Waals surface area contributed by atoms with Gasteiger partial charge >= 0.3 is 0 Å². The molecule has 1 aromatic heterocycles. The molecule has 5 rings (SSSR count). The molecular formula is C27H23NO6. The Kier molecular flexibility index (Phi) is 5.67. The third kappa shape index (κ3) is 4.20. The van der Waals surface area contributed by atoms with E-state index in [0.29, 0.717) is 46.1 Å². The predicted octanol–water partition coefficient (Wildman–Crippen LogP) is 4.58. The molecule has 0 saturated heterocycles. The highest BCUT2D eigenvalue weighted by Gasteiger charge is 2.18. The maximum atomic E-state index is 13.1. The Balaban J connectivity index is 1.29. The number of nitrogens with one attached hydrogen (secondary N) is 1. The summed E-state index contributed by atoms with van der Waals surface area (Å²) in [5, 5.41) is 3.31. The van der Waals surface area contributed by atoms with Crippen molar-refractivity contribution < 1.29 is 23.4 Å². The van der Waals surface area contributed by atoms with Gasteiger partial charge in [0.05, 0.1) is 10.9 Å². The molecule has 1 atom stereocenters. The normalized spacial score (nSPS) is 13.0. The zero-order valence-corrected chi connectivity index (χ0v) is 18.8. The molecule has 3 aromatic carbocycles. The molecule has 172 valence electrons. The molecule has 0 saturated carbocycles. The quantitative estimate of drug-likeness (QED) is 0.456. The zero-order valence-electron chi connectivity index (χ0n) is 18.8. The van der Waals surface area contributed by atoms with Crippen LogP contribution < -0.4 is 25.0 Å². The van der Waals surface area contributed by atoms with Crippen molar-refractivity contribution in [1.29, 1.82) is 0 Å². The van der Waals surface area contributed by atoms with Gasteiger partial charge < -0.3 is 23.9 Å². The van der Waals surface area contributed by atoms with Crippen LogP contribution in [0.3, 0.4) is 0 Å². The Bertz CT molecular complexity index is 1430. The standard InChI is InChI=1S/C27H23NO6/c1-16-25(19-6-4-3-5-7-19)26(29)21-10-9-20(13-23(21)34-16)33-17(2)27(30)28-14-18-8-11-22-24(12-18)32-15-31-22/h3-13,17H,14-15H2,1-2H3,(H,28,30)/t17-/m0/s1. The van der Waals surface area contributed by atoms with Gasteiger partial charge in [-0.3, -0.25) is 9.59 Å². The Morgan fingerprint density at radius 2 is 1.82 bits per heavy atom. The summed E-state index contributed by atoms with van der Waals surface area (Å²) < 4.78 is 22.4. The molecule has 0 radical (unpaired) electrons. The average Bonchev–Trinajstić information content (AvgIpc) is 3.31. The molecule has 1 N–H and O–H groups in total. The summed E-state index contributed by atoms with van der Waals surface area (Å²) in [6, 6.07) is 19.9. The van der Waals surface area contributed by atoms with Crippen LogP contribution >= 0.6 is 0 Å². The summed E-state index contributed by atoms with van der Waals surface area (Å²) in [5.74, 6) is 2.05. The van der Waals surface area contributed by atoms with Crippen molar-refractivity contribution in [2.75, 3.05) is 6.79 Å². The van der Waals surface area contributed by atoms with Crippen LogP contribution in [0.2, 0.25) is 0 Å². The molecule has 1 amide bonds. The van der Waals surface area contributed by atoms with Crippen LogP contribution in [-0.4, -0.2) is 18.8 Å². The molecule has 0 aliphatic carbocycles. The number of carbonyl (C=O) groups is 1. The number of amides is 1. The van der Waals surface area contributed by atoms with E-state index in [1.54, 1.807) is 32.0 Å². The van der Waals surface area contributed by atoms with Gasteiger partial charge in [-0.25, -0.2) is 0 Å². The SMILES string of the molecule is Cc1oc2cc(O[C@@H](C)C(=O)NCc3ccc4c(c3)OCO4)ccc2c(=O)c1-c1ccccc1. The number of hydrogen-bond donors (Lipinski definition) is 1. The molecule has 7 heteroatoms. The summed E-state index contributed by atoms with van der Waals surface area (Å²) in [5.41, 5.74) is 2.54. The van der Waals surface area contributed by atoms with Crippen LogP contribution in [0, 0.1) is 6.92 Å². The largest absolute Gasteiger partial charge is 0.481 e. The van der Waals surface area contributed by atoms with E-state index in [1.807, 2.05) is 48.5 Å². The average molecular weight is 457 g/mol. The van der Waals surface area contributed by atoms with Gasteiger partial charge in [0.2, 0.25) is 12.2 Å². The second-order valence-corrected chi connectivity index (χ2v) is 8.05. The number of fused-ring (bicyclic) bond motifs is 2. The van der Waals surface area contributed by atoms with E-state index in [-0.39, 0.29) is 18.1 Å².